The van der Waals surface area contributed by atoms with Crippen molar-refractivity contribution < 1.29 is 8.96 Å². The lowest BCUT2D eigenvalue weighted by Crippen LogP contribution is -2.04. The van der Waals surface area contributed by atoms with E-state index in [0.29, 0.717) is 16.7 Å². The first-order chi connectivity index (χ1) is 8.20. The van der Waals surface area contributed by atoms with E-state index in [1.54, 1.807) is 18.2 Å². The van der Waals surface area contributed by atoms with Gasteiger partial charge >= 0.3 is 0 Å². The molecular formula is C12H10FN2OP. The summed E-state index contributed by atoms with van der Waals surface area (Å²) in [7, 11) is -0.126. The molecule has 1 N–H and O–H groups in total. The molecule has 0 radical (unpaired) electrons. The molecule has 1 aromatic heterocycles. The van der Waals surface area contributed by atoms with Gasteiger partial charge < -0.3 is 5.32 Å². The molecule has 86 valence electrons. The van der Waals surface area contributed by atoms with Gasteiger partial charge in [-0.05, 0) is 30.7 Å². The van der Waals surface area contributed by atoms with Crippen LogP contribution in [0.15, 0.2) is 36.7 Å². The van der Waals surface area contributed by atoms with Gasteiger partial charge in [0.2, 0.25) is 0 Å². The van der Waals surface area contributed by atoms with Gasteiger partial charge in [0.25, 0.3) is 0 Å². The molecule has 0 spiro atoms. The molecule has 0 amide bonds. The van der Waals surface area contributed by atoms with Gasteiger partial charge in [-0.3, -0.25) is 9.55 Å². The Morgan fingerprint density at radius 2 is 2.12 bits per heavy atom. The number of hydrogen-bond donors (Lipinski definition) is 1. The van der Waals surface area contributed by atoms with E-state index >= 15 is 0 Å². The van der Waals surface area contributed by atoms with Crippen LogP contribution in [0.4, 0.5) is 15.8 Å². The fourth-order valence-corrected chi connectivity index (χ4v) is 1.77. The van der Waals surface area contributed by atoms with Crippen LogP contribution in [0.1, 0.15) is 5.56 Å². The third-order valence-corrected chi connectivity index (χ3v) is 2.88. The number of halogens is 1. The Morgan fingerprint density at radius 3 is 2.82 bits per heavy atom. The number of nitrogens with one attached hydrogen (secondary N) is 1. The van der Waals surface area contributed by atoms with Gasteiger partial charge in [-0.1, -0.05) is 6.07 Å². The Labute approximate surface area is 99.9 Å². The molecule has 5 heteroatoms. The van der Waals surface area contributed by atoms with Gasteiger partial charge in [0.1, 0.15) is 5.82 Å². The highest BCUT2D eigenvalue weighted by Crippen LogP contribution is 2.20. The normalized spacial score (nSPS) is 10.5. The number of aryl methyl sites for hydroxylation is 1. The monoisotopic (exact) mass is 248 g/mol. The second-order valence-corrected chi connectivity index (χ2v) is 4.26. The van der Waals surface area contributed by atoms with Crippen molar-refractivity contribution >= 4 is 25.1 Å². The second kappa shape index (κ2) is 5.02. The Bertz CT molecular complexity index is 560. The zero-order valence-corrected chi connectivity index (χ0v) is 10.0. The van der Waals surface area contributed by atoms with E-state index in [9.17, 15) is 8.96 Å². The molecule has 3 nitrogen and oxygen atoms in total. The number of nitrogens with zero attached hydrogens (tertiary/aromatic N) is 1. The first kappa shape index (κ1) is 11.7. The van der Waals surface area contributed by atoms with E-state index in [2.05, 4.69) is 10.3 Å². The quantitative estimate of drug-likeness (QED) is 0.848. The SMILES string of the molecule is Cc1ccc(Nc2cnccc2P=O)c(F)c1. The van der Waals surface area contributed by atoms with Gasteiger partial charge in [0, 0.05) is 6.20 Å². The van der Waals surface area contributed by atoms with E-state index in [4.69, 9.17) is 0 Å². The van der Waals surface area contributed by atoms with Gasteiger partial charge in [0.05, 0.1) is 22.9 Å². The van der Waals surface area contributed by atoms with E-state index in [1.165, 1.54) is 18.5 Å². The maximum Gasteiger partial charge on any atom is 0.194 e. The van der Waals surface area contributed by atoms with E-state index < -0.39 is 0 Å². The smallest absolute Gasteiger partial charge is 0.194 e. The maximum atomic E-state index is 13.6. The van der Waals surface area contributed by atoms with Gasteiger partial charge in [-0.2, -0.15) is 0 Å². The number of rotatable bonds is 3. The fraction of sp³-hybridized carbons (Fsp3) is 0.0833. The van der Waals surface area contributed by atoms with Crippen LogP contribution in [-0.2, 0) is 4.57 Å². The van der Waals surface area contributed by atoms with Crippen LogP contribution < -0.4 is 10.6 Å². The van der Waals surface area contributed by atoms with Crippen molar-refractivity contribution in [2.24, 2.45) is 0 Å². The standard InChI is InChI=1S/C12H10FN2OP/c1-8-2-3-10(9(13)6-8)15-11-7-14-5-4-12(11)17-16/h2-7,15H,1H3. The van der Waals surface area contributed by atoms with Crippen molar-refractivity contribution in [3.8, 4) is 0 Å². The third kappa shape index (κ3) is 2.66. The van der Waals surface area contributed by atoms with Crippen LogP contribution in [0.5, 0.6) is 0 Å². The van der Waals surface area contributed by atoms with Crippen LogP contribution in [0.3, 0.4) is 0 Å². The summed E-state index contributed by atoms with van der Waals surface area (Å²) >= 11 is 0. The fourth-order valence-electron chi connectivity index (χ4n) is 1.43. The highest BCUT2D eigenvalue weighted by atomic mass is 31.1. The van der Waals surface area contributed by atoms with E-state index in [0.717, 1.165) is 5.56 Å². The first-order valence-corrected chi connectivity index (χ1v) is 5.82. The predicted molar refractivity (Wildman–Crippen MR) is 65.9 cm³/mol. The average Bonchev–Trinajstić information content (AvgIpc) is 2.33. The Hall–Kier alpha value is -1.80. The minimum atomic E-state index is -0.345. The summed E-state index contributed by atoms with van der Waals surface area (Å²) in [5.41, 5.74) is 1.72. The van der Waals surface area contributed by atoms with Crippen LogP contribution >= 0.6 is 8.46 Å². The molecule has 2 aromatic rings. The molecule has 0 saturated heterocycles. The van der Waals surface area contributed by atoms with Gasteiger partial charge in [-0.15, -0.1) is 0 Å². The van der Waals surface area contributed by atoms with Crippen LogP contribution in [0.2, 0.25) is 0 Å². The van der Waals surface area contributed by atoms with Crippen molar-refractivity contribution in [2.75, 3.05) is 5.32 Å². The average molecular weight is 248 g/mol. The summed E-state index contributed by atoms with van der Waals surface area (Å²) in [6.45, 7) is 1.82. The summed E-state index contributed by atoms with van der Waals surface area (Å²) < 4.78 is 24.5. The van der Waals surface area contributed by atoms with Crippen molar-refractivity contribution in [1.82, 2.24) is 4.98 Å². The van der Waals surface area contributed by atoms with E-state index in [-0.39, 0.29) is 14.3 Å². The zero-order valence-electron chi connectivity index (χ0n) is 9.14. The van der Waals surface area contributed by atoms with Gasteiger partial charge in [-0.25, -0.2) is 4.39 Å². The molecule has 0 aliphatic rings. The summed E-state index contributed by atoms with van der Waals surface area (Å²) in [4.78, 5) is 3.91. The summed E-state index contributed by atoms with van der Waals surface area (Å²) in [6.07, 6.45) is 3.05. The third-order valence-electron chi connectivity index (χ3n) is 2.29. The van der Waals surface area contributed by atoms with Crippen molar-refractivity contribution in [1.29, 1.82) is 0 Å². The zero-order chi connectivity index (χ0) is 12.3. The molecule has 0 atom stereocenters. The Kier molecular flexibility index (Phi) is 3.45. The van der Waals surface area contributed by atoms with Crippen LogP contribution in [-0.4, -0.2) is 4.98 Å². The molecule has 2 rings (SSSR count). The molecule has 0 fully saturated rings. The Balaban J connectivity index is 2.34. The first-order valence-electron chi connectivity index (χ1n) is 5.01. The lowest BCUT2D eigenvalue weighted by molar-refractivity contribution is 0.603. The Morgan fingerprint density at radius 1 is 1.29 bits per heavy atom. The number of aromatic nitrogens is 1. The lowest BCUT2D eigenvalue weighted by Gasteiger charge is -2.08. The molecule has 0 unspecified atom stereocenters. The summed E-state index contributed by atoms with van der Waals surface area (Å²) in [5.74, 6) is -0.345. The minimum Gasteiger partial charge on any atom is -0.351 e. The highest BCUT2D eigenvalue weighted by Gasteiger charge is 2.06. The van der Waals surface area contributed by atoms with Crippen molar-refractivity contribution in [3.63, 3.8) is 0 Å². The largest absolute Gasteiger partial charge is 0.351 e. The number of anilines is 2. The molecular weight excluding hydrogens is 238 g/mol. The van der Waals surface area contributed by atoms with Crippen LogP contribution in [0.25, 0.3) is 0 Å². The minimum absolute atomic E-state index is 0.126. The van der Waals surface area contributed by atoms with Crippen LogP contribution in [0, 0.1) is 12.7 Å². The lowest BCUT2D eigenvalue weighted by atomic mass is 10.2. The molecule has 0 aliphatic carbocycles. The van der Waals surface area contributed by atoms with Crippen molar-refractivity contribution in [3.05, 3.63) is 48.0 Å². The summed E-state index contributed by atoms with van der Waals surface area (Å²) in [5, 5.41) is 3.42. The molecule has 1 heterocycles. The highest BCUT2D eigenvalue weighted by molar-refractivity contribution is 7.34. The molecule has 0 bridgehead atoms. The second-order valence-electron chi connectivity index (χ2n) is 3.59. The van der Waals surface area contributed by atoms with Crippen molar-refractivity contribution in [2.45, 2.75) is 6.92 Å². The summed E-state index contributed by atoms with van der Waals surface area (Å²) in [6, 6.07) is 6.50. The molecule has 17 heavy (non-hydrogen) atoms. The molecule has 0 aliphatic heterocycles. The number of pyridine rings is 1. The molecule has 1 aromatic carbocycles. The molecule has 0 saturated carbocycles. The number of benzene rings is 1. The van der Waals surface area contributed by atoms with E-state index in [1.807, 2.05) is 6.92 Å². The van der Waals surface area contributed by atoms with Gasteiger partial charge in [0.15, 0.2) is 8.46 Å². The maximum absolute atomic E-state index is 13.6. The number of hydrogen-bond acceptors (Lipinski definition) is 3. The predicted octanol–water partition coefficient (Wildman–Crippen LogP) is 3.19. The topological polar surface area (TPSA) is 42.0 Å².